The standard InChI is InChI=1S/C20H15F2N3O2S/c1-26-17-6-3-2-5-16(17)25-19(18-7-4-10-27-18)23-24-20(25)28-12-13-8-9-14(21)11-15(13)22/h2-11H,12H2,1H3. The van der Waals surface area contributed by atoms with Gasteiger partial charge in [0.05, 0.1) is 19.1 Å². The summed E-state index contributed by atoms with van der Waals surface area (Å²) in [5, 5.41) is 9.03. The smallest absolute Gasteiger partial charge is 0.205 e. The number of furan rings is 1. The Morgan fingerprint density at radius 3 is 2.68 bits per heavy atom. The summed E-state index contributed by atoms with van der Waals surface area (Å²) in [7, 11) is 1.58. The van der Waals surface area contributed by atoms with Crippen LogP contribution in [0.4, 0.5) is 8.78 Å². The molecule has 8 heteroatoms. The molecular weight excluding hydrogens is 384 g/mol. The van der Waals surface area contributed by atoms with Crippen LogP contribution in [-0.2, 0) is 5.75 Å². The zero-order valence-electron chi connectivity index (χ0n) is 14.8. The Balaban J connectivity index is 1.75. The molecule has 2 aromatic heterocycles. The predicted molar refractivity (Wildman–Crippen MR) is 102 cm³/mol. The van der Waals surface area contributed by atoms with Gasteiger partial charge in [-0.25, -0.2) is 8.78 Å². The number of para-hydroxylation sites is 2. The highest BCUT2D eigenvalue weighted by atomic mass is 32.2. The second kappa shape index (κ2) is 7.85. The average molecular weight is 399 g/mol. The van der Waals surface area contributed by atoms with Crippen LogP contribution < -0.4 is 4.74 Å². The molecule has 0 atom stereocenters. The van der Waals surface area contributed by atoms with E-state index in [1.165, 1.54) is 23.9 Å². The van der Waals surface area contributed by atoms with Crippen molar-refractivity contribution in [3.63, 3.8) is 0 Å². The molecule has 0 aliphatic heterocycles. The molecule has 0 unspecified atom stereocenters. The first-order chi connectivity index (χ1) is 13.7. The van der Waals surface area contributed by atoms with Crippen molar-refractivity contribution in [2.75, 3.05) is 7.11 Å². The Labute approximate surface area is 164 Å². The van der Waals surface area contributed by atoms with Gasteiger partial charge < -0.3 is 9.15 Å². The van der Waals surface area contributed by atoms with E-state index in [0.29, 0.717) is 28.1 Å². The lowest BCUT2D eigenvalue weighted by Crippen LogP contribution is -2.02. The molecule has 0 saturated carbocycles. The van der Waals surface area contributed by atoms with Crippen molar-refractivity contribution in [1.29, 1.82) is 0 Å². The van der Waals surface area contributed by atoms with E-state index < -0.39 is 11.6 Å². The van der Waals surface area contributed by atoms with Gasteiger partial charge in [-0.05, 0) is 35.9 Å². The van der Waals surface area contributed by atoms with E-state index >= 15 is 0 Å². The van der Waals surface area contributed by atoms with Crippen molar-refractivity contribution in [3.8, 4) is 23.0 Å². The minimum Gasteiger partial charge on any atom is -0.495 e. The topological polar surface area (TPSA) is 53.1 Å². The number of nitrogens with zero attached hydrogens (tertiary/aromatic N) is 3. The van der Waals surface area contributed by atoms with Gasteiger partial charge in [0, 0.05) is 11.8 Å². The molecule has 0 radical (unpaired) electrons. The SMILES string of the molecule is COc1ccccc1-n1c(SCc2ccc(F)cc2F)nnc1-c1ccco1. The number of rotatable bonds is 6. The van der Waals surface area contributed by atoms with Crippen molar-refractivity contribution in [1.82, 2.24) is 14.8 Å². The van der Waals surface area contributed by atoms with Gasteiger partial charge in [0.15, 0.2) is 10.9 Å². The van der Waals surface area contributed by atoms with Crippen molar-refractivity contribution in [2.24, 2.45) is 0 Å². The van der Waals surface area contributed by atoms with E-state index in [1.807, 2.05) is 24.3 Å². The zero-order chi connectivity index (χ0) is 19.5. The molecule has 28 heavy (non-hydrogen) atoms. The molecule has 0 fully saturated rings. The molecule has 5 nitrogen and oxygen atoms in total. The van der Waals surface area contributed by atoms with Crippen LogP contribution in [-0.4, -0.2) is 21.9 Å². The summed E-state index contributed by atoms with van der Waals surface area (Å²) < 4.78 is 39.9. The third-order valence-electron chi connectivity index (χ3n) is 4.07. The van der Waals surface area contributed by atoms with Crippen LogP contribution in [0.5, 0.6) is 5.75 Å². The fourth-order valence-corrected chi connectivity index (χ4v) is 3.67. The molecule has 0 aliphatic carbocycles. The Hall–Kier alpha value is -3.13. The van der Waals surface area contributed by atoms with E-state index in [9.17, 15) is 8.78 Å². The lowest BCUT2D eigenvalue weighted by Gasteiger charge is -2.13. The fraction of sp³-hybridized carbons (Fsp3) is 0.100. The van der Waals surface area contributed by atoms with Crippen LogP contribution in [0, 0.1) is 11.6 Å². The van der Waals surface area contributed by atoms with Crippen LogP contribution >= 0.6 is 11.8 Å². The molecule has 2 aromatic carbocycles. The van der Waals surface area contributed by atoms with E-state index in [1.54, 1.807) is 30.1 Å². The Morgan fingerprint density at radius 2 is 1.93 bits per heavy atom. The maximum absolute atomic E-state index is 14.0. The Morgan fingerprint density at radius 1 is 1.07 bits per heavy atom. The van der Waals surface area contributed by atoms with Gasteiger partial charge in [0.1, 0.15) is 17.4 Å². The first-order valence-corrected chi connectivity index (χ1v) is 9.35. The van der Waals surface area contributed by atoms with Crippen molar-refractivity contribution < 1.29 is 17.9 Å². The molecule has 0 saturated heterocycles. The quantitative estimate of drug-likeness (QED) is 0.422. The lowest BCUT2D eigenvalue weighted by molar-refractivity contribution is 0.412. The van der Waals surface area contributed by atoms with Crippen LogP contribution in [0.15, 0.2) is 70.4 Å². The van der Waals surface area contributed by atoms with Crippen molar-refractivity contribution in [3.05, 3.63) is 78.1 Å². The molecule has 4 rings (SSSR count). The molecule has 0 spiro atoms. The average Bonchev–Trinajstić information content (AvgIpc) is 3.37. The van der Waals surface area contributed by atoms with Crippen molar-refractivity contribution in [2.45, 2.75) is 10.9 Å². The summed E-state index contributed by atoms with van der Waals surface area (Å²) in [5.74, 6) is 0.725. The van der Waals surface area contributed by atoms with Gasteiger partial charge in [-0.2, -0.15) is 0 Å². The molecule has 0 aliphatic rings. The summed E-state index contributed by atoms with van der Waals surface area (Å²) in [4.78, 5) is 0. The highest BCUT2D eigenvalue weighted by molar-refractivity contribution is 7.98. The molecule has 4 aromatic rings. The number of ether oxygens (including phenoxy) is 1. The minimum absolute atomic E-state index is 0.261. The molecule has 142 valence electrons. The van der Waals surface area contributed by atoms with E-state index in [-0.39, 0.29) is 5.75 Å². The fourth-order valence-electron chi connectivity index (χ4n) is 2.74. The predicted octanol–water partition coefficient (Wildman–Crippen LogP) is 5.11. The minimum atomic E-state index is -0.608. The van der Waals surface area contributed by atoms with Crippen LogP contribution in [0.2, 0.25) is 0 Å². The summed E-state index contributed by atoms with van der Waals surface area (Å²) in [5.41, 5.74) is 1.10. The highest BCUT2D eigenvalue weighted by Gasteiger charge is 2.20. The summed E-state index contributed by atoms with van der Waals surface area (Å²) in [6.45, 7) is 0. The van der Waals surface area contributed by atoms with E-state index in [4.69, 9.17) is 9.15 Å². The number of halogens is 2. The zero-order valence-corrected chi connectivity index (χ0v) is 15.6. The molecule has 2 heterocycles. The monoisotopic (exact) mass is 399 g/mol. The molecule has 0 N–H and O–H groups in total. The number of methoxy groups -OCH3 is 1. The number of hydrogen-bond acceptors (Lipinski definition) is 5. The maximum atomic E-state index is 14.0. The number of benzene rings is 2. The number of hydrogen-bond donors (Lipinski definition) is 0. The van der Waals surface area contributed by atoms with Crippen LogP contribution in [0.3, 0.4) is 0 Å². The van der Waals surface area contributed by atoms with Gasteiger partial charge in [0.2, 0.25) is 5.82 Å². The number of thioether (sulfide) groups is 1. The molecular formula is C20H15F2N3O2S. The van der Waals surface area contributed by atoms with Gasteiger partial charge in [0.25, 0.3) is 0 Å². The normalized spacial score (nSPS) is 11.0. The van der Waals surface area contributed by atoms with E-state index in [2.05, 4.69) is 10.2 Å². The van der Waals surface area contributed by atoms with Gasteiger partial charge >= 0.3 is 0 Å². The Bertz CT molecular complexity index is 1100. The summed E-state index contributed by atoms with van der Waals surface area (Å²) in [6, 6.07) is 14.5. The second-order valence-corrected chi connectivity index (χ2v) is 6.76. The van der Waals surface area contributed by atoms with Crippen LogP contribution in [0.1, 0.15) is 5.56 Å². The van der Waals surface area contributed by atoms with Gasteiger partial charge in [-0.15, -0.1) is 10.2 Å². The van der Waals surface area contributed by atoms with Gasteiger partial charge in [-0.1, -0.05) is 30.0 Å². The molecule has 0 amide bonds. The second-order valence-electron chi connectivity index (χ2n) is 5.82. The van der Waals surface area contributed by atoms with Gasteiger partial charge in [-0.3, -0.25) is 4.57 Å². The first kappa shape index (κ1) is 18.2. The van der Waals surface area contributed by atoms with Crippen molar-refractivity contribution >= 4 is 11.8 Å². The largest absolute Gasteiger partial charge is 0.495 e. The molecule has 0 bridgehead atoms. The first-order valence-electron chi connectivity index (χ1n) is 8.37. The summed E-state index contributed by atoms with van der Waals surface area (Å²) in [6.07, 6.45) is 1.55. The van der Waals surface area contributed by atoms with E-state index in [0.717, 1.165) is 11.8 Å². The Kier molecular flexibility index (Phi) is 5.12. The third-order valence-corrected chi connectivity index (χ3v) is 5.05. The number of aromatic nitrogens is 3. The van der Waals surface area contributed by atoms with Crippen LogP contribution in [0.25, 0.3) is 17.3 Å². The maximum Gasteiger partial charge on any atom is 0.205 e. The summed E-state index contributed by atoms with van der Waals surface area (Å²) >= 11 is 1.28. The highest BCUT2D eigenvalue weighted by Crippen LogP contribution is 2.34. The lowest BCUT2D eigenvalue weighted by atomic mass is 10.2. The third kappa shape index (κ3) is 3.50.